The van der Waals surface area contributed by atoms with Crippen LogP contribution in [0.3, 0.4) is 0 Å². The number of hydrogen-bond acceptors (Lipinski definition) is 5. The molecule has 0 bridgehead atoms. The first kappa shape index (κ1) is 14.8. The van der Waals surface area contributed by atoms with Crippen molar-refractivity contribution in [3.63, 3.8) is 0 Å². The van der Waals surface area contributed by atoms with Crippen LogP contribution in [0.4, 0.5) is 5.82 Å². The fourth-order valence-electron chi connectivity index (χ4n) is 2.30. The van der Waals surface area contributed by atoms with Crippen molar-refractivity contribution in [3.8, 4) is 0 Å². The summed E-state index contributed by atoms with van der Waals surface area (Å²) in [5.74, 6) is 0.464. The predicted molar refractivity (Wildman–Crippen MR) is 77.1 cm³/mol. The van der Waals surface area contributed by atoms with Crippen LogP contribution in [0.25, 0.3) is 0 Å². The molecule has 0 spiro atoms. The van der Waals surface area contributed by atoms with E-state index in [1.54, 1.807) is 6.07 Å². The van der Waals surface area contributed by atoms with Crippen molar-refractivity contribution in [1.82, 2.24) is 10.3 Å². The molecule has 110 valence electrons. The quantitative estimate of drug-likeness (QED) is 0.837. The fraction of sp³-hybridized carbons (Fsp3) is 0.538. The van der Waals surface area contributed by atoms with E-state index in [-0.39, 0.29) is 23.3 Å². The number of sulfone groups is 1. The molecule has 1 aliphatic rings. The Morgan fingerprint density at radius 2 is 2.25 bits per heavy atom. The minimum Gasteiger partial charge on any atom is -0.384 e. The summed E-state index contributed by atoms with van der Waals surface area (Å²) in [7, 11) is -2.91. The number of pyridine rings is 1. The van der Waals surface area contributed by atoms with Crippen LogP contribution in [0, 0.1) is 5.92 Å². The second kappa shape index (κ2) is 5.78. The number of hydrogen-bond donors (Lipinski definition) is 2. The van der Waals surface area contributed by atoms with E-state index in [1.807, 2.05) is 6.92 Å². The number of nitrogens with zero attached hydrogens (tertiary/aromatic N) is 1. The summed E-state index contributed by atoms with van der Waals surface area (Å²) in [5, 5.41) is 2.77. The summed E-state index contributed by atoms with van der Waals surface area (Å²) < 4.78 is 22.7. The summed E-state index contributed by atoms with van der Waals surface area (Å²) in [6.07, 6.45) is 1.31. The molecular formula is C13H19N3O3S. The highest BCUT2D eigenvalue weighted by Crippen LogP contribution is 2.17. The van der Waals surface area contributed by atoms with Gasteiger partial charge in [-0.3, -0.25) is 4.79 Å². The van der Waals surface area contributed by atoms with Crippen molar-refractivity contribution in [1.29, 1.82) is 0 Å². The molecule has 6 nitrogen and oxygen atoms in total. The molecule has 0 aliphatic carbocycles. The van der Waals surface area contributed by atoms with E-state index in [2.05, 4.69) is 10.3 Å². The highest BCUT2D eigenvalue weighted by atomic mass is 32.2. The highest BCUT2D eigenvalue weighted by molar-refractivity contribution is 7.91. The highest BCUT2D eigenvalue weighted by Gasteiger charge is 2.28. The number of aryl methyl sites for hydroxylation is 1. The molecule has 7 heteroatoms. The molecule has 0 saturated carbocycles. The average molecular weight is 297 g/mol. The zero-order chi connectivity index (χ0) is 14.8. The molecule has 1 aromatic heterocycles. The molecule has 20 heavy (non-hydrogen) atoms. The van der Waals surface area contributed by atoms with Crippen molar-refractivity contribution in [3.05, 3.63) is 23.4 Å². The third-order valence-electron chi connectivity index (χ3n) is 3.40. The van der Waals surface area contributed by atoms with Gasteiger partial charge < -0.3 is 11.1 Å². The first-order chi connectivity index (χ1) is 9.39. The minimum atomic E-state index is -2.91. The van der Waals surface area contributed by atoms with Gasteiger partial charge in [0.1, 0.15) is 5.82 Å². The maximum absolute atomic E-state index is 12.0. The van der Waals surface area contributed by atoms with Gasteiger partial charge in [-0.25, -0.2) is 13.4 Å². The van der Waals surface area contributed by atoms with Crippen LogP contribution in [0.15, 0.2) is 12.1 Å². The van der Waals surface area contributed by atoms with Gasteiger partial charge in [-0.15, -0.1) is 0 Å². The molecule has 1 saturated heterocycles. The second-order valence-electron chi connectivity index (χ2n) is 5.10. The Morgan fingerprint density at radius 1 is 1.50 bits per heavy atom. The van der Waals surface area contributed by atoms with Crippen LogP contribution in [-0.4, -0.2) is 37.4 Å². The van der Waals surface area contributed by atoms with Gasteiger partial charge in [0.05, 0.1) is 11.5 Å². The van der Waals surface area contributed by atoms with Gasteiger partial charge >= 0.3 is 0 Å². The van der Waals surface area contributed by atoms with E-state index in [0.29, 0.717) is 30.8 Å². The lowest BCUT2D eigenvalue weighted by molar-refractivity contribution is 0.0948. The van der Waals surface area contributed by atoms with E-state index in [9.17, 15) is 13.2 Å². The van der Waals surface area contributed by atoms with Crippen molar-refractivity contribution < 1.29 is 13.2 Å². The number of aromatic nitrogens is 1. The van der Waals surface area contributed by atoms with Crippen molar-refractivity contribution in [2.75, 3.05) is 23.8 Å². The molecule has 1 unspecified atom stereocenters. The summed E-state index contributed by atoms with van der Waals surface area (Å²) >= 11 is 0. The number of carbonyl (C=O) groups excluding carboxylic acids is 1. The lowest BCUT2D eigenvalue weighted by Gasteiger charge is -2.10. The van der Waals surface area contributed by atoms with Crippen LogP contribution in [0.2, 0.25) is 0 Å². The first-order valence-corrected chi connectivity index (χ1v) is 8.47. The lowest BCUT2D eigenvalue weighted by Crippen LogP contribution is -2.30. The summed E-state index contributed by atoms with van der Waals surface area (Å²) in [5.41, 5.74) is 6.89. The zero-order valence-electron chi connectivity index (χ0n) is 11.4. The van der Waals surface area contributed by atoms with Gasteiger partial charge in [0.25, 0.3) is 5.91 Å². The molecule has 0 radical (unpaired) electrons. The fourth-order valence-corrected chi connectivity index (χ4v) is 4.16. The Balaban J connectivity index is 1.97. The summed E-state index contributed by atoms with van der Waals surface area (Å²) in [6, 6.07) is 3.23. The van der Waals surface area contributed by atoms with Crippen LogP contribution in [0.5, 0.6) is 0 Å². The van der Waals surface area contributed by atoms with Crippen molar-refractivity contribution in [2.45, 2.75) is 19.8 Å². The maximum Gasteiger partial charge on any atom is 0.251 e. The standard InChI is InChI=1S/C13H19N3O3S/c1-2-11-5-10(6-12(14)16-11)13(17)15-7-9-3-4-20(18,19)8-9/h5-6,9H,2-4,7-8H2,1H3,(H2,14,16)(H,15,17). The Hall–Kier alpha value is -1.63. The van der Waals surface area contributed by atoms with E-state index < -0.39 is 9.84 Å². The minimum absolute atomic E-state index is 0.00813. The number of nitrogens with one attached hydrogen (secondary N) is 1. The molecule has 1 aliphatic heterocycles. The molecule has 0 aromatic carbocycles. The molecule has 2 heterocycles. The van der Waals surface area contributed by atoms with Crippen molar-refractivity contribution >= 4 is 21.6 Å². The number of nitrogen functional groups attached to an aromatic ring is 1. The van der Waals surface area contributed by atoms with Gasteiger partial charge in [0.2, 0.25) is 0 Å². The van der Waals surface area contributed by atoms with Gasteiger partial charge in [-0.1, -0.05) is 6.92 Å². The summed E-state index contributed by atoms with van der Waals surface area (Å²) in [6.45, 7) is 2.31. The van der Waals surface area contributed by atoms with Crippen LogP contribution in [0.1, 0.15) is 29.4 Å². The van der Waals surface area contributed by atoms with Gasteiger partial charge in [-0.2, -0.15) is 0 Å². The molecule has 2 rings (SSSR count). The average Bonchev–Trinajstić information content (AvgIpc) is 2.74. The van der Waals surface area contributed by atoms with Crippen LogP contribution in [-0.2, 0) is 16.3 Å². The number of amides is 1. The van der Waals surface area contributed by atoms with E-state index >= 15 is 0 Å². The van der Waals surface area contributed by atoms with Gasteiger partial charge in [0, 0.05) is 17.8 Å². The maximum atomic E-state index is 12.0. The van der Waals surface area contributed by atoms with Gasteiger partial charge in [-0.05, 0) is 30.9 Å². The Kier molecular flexibility index (Phi) is 4.27. The van der Waals surface area contributed by atoms with E-state index in [0.717, 1.165) is 5.69 Å². The number of carbonyl (C=O) groups is 1. The normalized spacial score (nSPS) is 20.8. The second-order valence-corrected chi connectivity index (χ2v) is 7.33. The van der Waals surface area contributed by atoms with Crippen molar-refractivity contribution in [2.24, 2.45) is 5.92 Å². The van der Waals surface area contributed by atoms with E-state index in [1.165, 1.54) is 6.07 Å². The van der Waals surface area contributed by atoms with Crippen LogP contribution < -0.4 is 11.1 Å². The van der Waals surface area contributed by atoms with Crippen LogP contribution >= 0.6 is 0 Å². The molecule has 1 aromatic rings. The topological polar surface area (TPSA) is 102 Å². The predicted octanol–water partition coefficient (Wildman–Crippen LogP) is 0.391. The Labute approximate surface area is 118 Å². The number of nitrogens with two attached hydrogens (primary N) is 1. The first-order valence-electron chi connectivity index (χ1n) is 6.64. The molecule has 1 amide bonds. The third kappa shape index (κ3) is 3.69. The number of rotatable bonds is 4. The van der Waals surface area contributed by atoms with E-state index in [4.69, 9.17) is 5.73 Å². The molecule has 3 N–H and O–H groups in total. The van der Waals surface area contributed by atoms with Gasteiger partial charge in [0.15, 0.2) is 9.84 Å². The monoisotopic (exact) mass is 297 g/mol. The third-order valence-corrected chi connectivity index (χ3v) is 5.24. The lowest BCUT2D eigenvalue weighted by atomic mass is 10.1. The Bertz CT molecular complexity index is 613. The number of anilines is 1. The largest absolute Gasteiger partial charge is 0.384 e. The zero-order valence-corrected chi connectivity index (χ0v) is 12.2. The smallest absolute Gasteiger partial charge is 0.251 e. The molecule has 1 fully saturated rings. The Morgan fingerprint density at radius 3 is 2.85 bits per heavy atom. The molecular weight excluding hydrogens is 278 g/mol. The molecule has 1 atom stereocenters. The SMILES string of the molecule is CCc1cc(C(=O)NCC2CCS(=O)(=O)C2)cc(N)n1. The summed E-state index contributed by atoms with van der Waals surface area (Å²) in [4.78, 5) is 16.1.